The second kappa shape index (κ2) is 9.11. The first-order chi connectivity index (χ1) is 13.8. The maximum absolute atomic E-state index is 13.0. The summed E-state index contributed by atoms with van der Waals surface area (Å²) in [6.45, 7) is 1.01. The summed E-state index contributed by atoms with van der Waals surface area (Å²) in [6.07, 6.45) is 1.89. The summed E-state index contributed by atoms with van der Waals surface area (Å²) in [7, 11) is 1.51. The van der Waals surface area contributed by atoms with Gasteiger partial charge in [-0.05, 0) is 31.4 Å². The lowest BCUT2D eigenvalue weighted by molar-refractivity contribution is 0.0902. The summed E-state index contributed by atoms with van der Waals surface area (Å²) in [4.78, 5) is 27.5. The Bertz CT molecular complexity index is 999. The highest BCUT2D eigenvalue weighted by Gasteiger charge is 2.23. The van der Waals surface area contributed by atoms with Crippen LogP contribution in [0.15, 0.2) is 27.8 Å². The van der Waals surface area contributed by atoms with Crippen molar-refractivity contribution in [2.24, 2.45) is 7.05 Å². The molecule has 2 aromatic rings. The smallest absolute Gasteiger partial charge is 0.332 e. The van der Waals surface area contributed by atoms with Crippen LogP contribution in [0.3, 0.4) is 0 Å². The van der Waals surface area contributed by atoms with Gasteiger partial charge in [-0.25, -0.2) is 4.79 Å². The third-order valence-corrected chi connectivity index (χ3v) is 5.51. The second-order valence-electron chi connectivity index (χ2n) is 7.08. The molecule has 1 aromatic heterocycles. The first-order valence-corrected chi connectivity index (χ1v) is 10.2. The van der Waals surface area contributed by atoms with E-state index in [1.54, 1.807) is 12.1 Å². The summed E-state index contributed by atoms with van der Waals surface area (Å²) in [5.74, 6) is 0.444. The first-order valence-electron chi connectivity index (χ1n) is 9.39. The van der Waals surface area contributed by atoms with Gasteiger partial charge in [0, 0.05) is 31.2 Å². The number of rotatable bonds is 6. The van der Waals surface area contributed by atoms with Gasteiger partial charge in [-0.3, -0.25) is 13.9 Å². The zero-order valence-corrected chi connectivity index (χ0v) is 17.6. The molecule has 1 atom stereocenters. The number of nitrogen functional groups attached to an aromatic ring is 1. The number of benzene rings is 1. The zero-order valence-electron chi connectivity index (χ0n) is 16.1. The van der Waals surface area contributed by atoms with E-state index in [2.05, 4.69) is 0 Å². The minimum atomic E-state index is -1.12. The summed E-state index contributed by atoms with van der Waals surface area (Å²) in [5.41, 5.74) is 5.28. The number of aliphatic hydroxyl groups excluding tert-OH is 1. The molecule has 1 aromatic carbocycles. The molecule has 1 aliphatic rings. The van der Waals surface area contributed by atoms with E-state index < -0.39 is 17.4 Å². The lowest BCUT2D eigenvalue weighted by atomic mass is 10.1. The predicted molar refractivity (Wildman–Crippen MR) is 114 cm³/mol. The second-order valence-corrected chi connectivity index (χ2v) is 7.92. The van der Waals surface area contributed by atoms with Gasteiger partial charge in [0.2, 0.25) is 0 Å². The molecule has 1 saturated heterocycles. The zero-order chi connectivity index (χ0) is 21.1. The Morgan fingerprint density at radius 3 is 2.59 bits per heavy atom. The first kappa shape index (κ1) is 21.5. The largest absolute Gasteiger partial charge is 0.489 e. The van der Waals surface area contributed by atoms with Crippen molar-refractivity contribution in [3.05, 3.63) is 49.1 Å². The van der Waals surface area contributed by atoms with Crippen LogP contribution in [0.5, 0.6) is 5.75 Å². The molecule has 29 heavy (non-hydrogen) atoms. The molecule has 3 N–H and O–H groups in total. The molecule has 158 valence electrons. The van der Waals surface area contributed by atoms with Crippen molar-refractivity contribution in [2.45, 2.75) is 31.9 Å². The van der Waals surface area contributed by atoms with E-state index in [0.717, 1.165) is 23.8 Å². The number of nitrogens with two attached hydrogens (primary N) is 1. The van der Waals surface area contributed by atoms with Crippen molar-refractivity contribution in [3.63, 3.8) is 0 Å². The molecule has 0 radical (unpaired) electrons. The number of hydrogen-bond acceptors (Lipinski definition) is 6. The van der Waals surface area contributed by atoms with Gasteiger partial charge in [0.25, 0.3) is 5.56 Å². The highest BCUT2D eigenvalue weighted by atomic mass is 35.5. The number of nitrogens with zero attached hydrogens (tertiary/aromatic N) is 3. The molecule has 0 saturated carbocycles. The van der Waals surface area contributed by atoms with Crippen molar-refractivity contribution < 1.29 is 9.84 Å². The number of ether oxygens (including phenoxy) is 1. The van der Waals surface area contributed by atoms with Crippen molar-refractivity contribution in [1.82, 2.24) is 9.13 Å². The third kappa shape index (κ3) is 4.71. The van der Waals surface area contributed by atoms with Crippen LogP contribution in [0.25, 0.3) is 0 Å². The lowest BCUT2D eigenvalue weighted by Gasteiger charge is -2.30. The minimum absolute atomic E-state index is 0.134. The van der Waals surface area contributed by atoms with E-state index in [1.165, 1.54) is 17.7 Å². The molecule has 0 amide bonds. The minimum Gasteiger partial charge on any atom is -0.489 e. The van der Waals surface area contributed by atoms with Crippen LogP contribution in [0.2, 0.25) is 10.0 Å². The van der Waals surface area contributed by atoms with E-state index in [9.17, 15) is 14.7 Å². The van der Waals surface area contributed by atoms with Gasteiger partial charge < -0.3 is 20.5 Å². The van der Waals surface area contributed by atoms with Crippen molar-refractivity contribution >= 4 is 34.7 Å². The molecule has 1 aliphatic heterocycles. The molecule has 1 fully saturated rings. The standard InChI is InChI=1S/C19H24Cl2N4O4/c1-23-17(22)16(24-7-3-2-4-8-24)18(27)25(19(23)28)10-13(26)11-29-15-9-12(20)5-6-14(15)21/h5-6,9,13,26H,2-4,7-8,10-11,22H2,1H3. The van der Waals surface area contributed by atoms with E-state index in [1.807, 2.05) is 4.90 Å². The fourth-order valence-corrected chi connectivity index (χ4v) is 3.71. The monoisotopic (exact) mass is 442 g/mol. The van der Waals surface area contributed by atoms with E-state index >= 15 is 0 Å². The highest BCUT2D eigenvalue weighted by molar-refractivity contribution is 6.34. The van der Waals surface area contributed by atoms with Crippen molar-refractivity contribution in [1.29, 1.82) is 0 Å². The quantitative estimate of drug-likeness (QED) is 0.707. The molecular formula is C19H24Cl2N4O4. The Balaban J connectivity index is 1.82. The van der Waals surface area contributed by atoms with Gasteiger partial charge in [0.15, 0.2) is 0 Å². The molecule has 0 bridgehead atoms. The highest BCUT2D eigenvalue weighted by Crippen LogP contribution is 2.27. The fraction of sp³-hybridized carbons (Fsp3) is 0.474. The van der Waals surface area contributed by atoms with Gasteiger partial charge in [0.05, 0.1) is 11.6 Å². The maximum atomic E-state index is 13.0. The van der Waals surface area contributed by atoms with Gasteiger partial charge in [-0.2, -0.15) is 0 Å². The van der Waals surface area contributed by atoms with Crippen molar-refractivity contribution in [3.8, 4) is 5.75 Å². The van der Waals surface area contributed by atoms with Crippen LogP contribution in [0.4, 0.5) is 11.5 Å². The van der Waals surface area contributed by atoms with E-state index in [-0.39, 0.29) is 19.0 Å². The number of anilines is 2. The Hall–Kier alpha value is -2.16. The number of aliphatic hydroxyl groups is 1. The average molecular weight is 443 g/mol. The van der Waals surface area contributed by atoms with Crippen LogP contribution in [-0.4, -0.2) is 40.0 Å². The van der Waals surface area contributed by atoms with Gasteiger partial charge >= 0.3 is 5.69 Å². The van der Waals surface area contributed by atoms with Crippen molar-refractivity contribution in [2.75, 3.05) is 30.3 Å². The summed E-state index contributed by atoms with van der Waals surface area (Å²) < 4.78 is 7.73. The Morgan fingerprint density at radius 2 is 1.90 bits per heavy atom. The average Bonchev–Trinajstić information content (AvgIpc) is 2.71. The molecule has 0 aliphatic carbocycles. The maximum Gasteiger partial charge on any atom is 0.332 e. The molecule has 0 spiro atoms. The lowest BCUT2D eigenvalue weighted by Crippen LogP contribution is -2.47. The van der Waals surface area contributed by atoms with Crippen LogP contribution in [-0.2, 0) is 13.6 Å². The number of hydrogen-bond donors (Lipinski definition) is 2. The SMILES string of the molecule is Cn1c(N)c(N2CCCCC2)c(=O)n(CC(O)COc2cc(Cl)ccc2Cl)c1=O. The van der Waals surface area contributed by atoms with Crippen LogP contribution in [0, 0.1) is 0 Å². The topological polar surface area (TPSA) is 103 Å². The fourth-order valence-electron chi connectivity index (χ4n) is 3.38. The molecule has 1 unspecified atom stereocenters. The Labute approximate surface area is 178 Å². The molecule has 3 rings (SSSR count). The summed E-state index contributed by atoms with van der Waals surface area (Å²) in [5, 5.41) is 11.2. The molecular weight excluding hydrogens is 419 g/mol. The molecule has 10 heteroatoms. The summed E-state index contributed by atoms with van der Waals surface area (Å²) in [6, 6.07) is 4.73. The van der Waals surface area contributed by atoms with E-state index in [0.29, 0.717) is 34.6 Å². The Morgan fingerprint density at radius 1 is 1.21 bits per heavy atom. The number of aromatic nitrogens is 2. The number of piperidine rings is 1. The van der Waals surface area contributed by atoms with Crippen LogP contribution >= 0.6 is 23.2 Å². The van der Waals surface area contributed by atoms with Gasteiger partial charge in [0.1, 0.15) is 30.0 Å². The predicted octanol–water partition coefficient (Wildman–Crippen LogP) is 1.87. The van der Waals surface area contributed by atoms with E-state index in [4.69, 9.17) is 33.7 Å². The Kier molecular flexibility index (Phi) is 6.77. The molecule has 8 nitrogen and oxygen atoms in total. The van der Waals surface area contributed by atoms with Crippen LogP contribution < -0.4 is 26.6 Å². The van der Waals surface area contributed by atoms with Crippen LogP contribution in [0.1, 0.15) is 19.3 Å². The van der Waals surface area contributed by atoms with Gasteiger partial charge in [-0.1, -0.05) is 23.2 Å². The summed E-state index contributed by atoms with van der Waals surface area (Å²) >= 11 is 12.0. The number of halogens is 2. The normalized spacial score (nSPS) is 15.4. The van der Waals surface area contributed by atoms with Gasteiger partial charge in [-0.15, -0.1) is 0 Å². The third-order valence-electron chi connectivity index (χ3n) is 4.96. The molecule has 2 heterocycles.